The summed E-state index contributed by atoms with van der Waals surface area (Å²) in [5.74, 6) is 0.888. The SMILES string of the molecule is CCc1[nH]nc(C(=O)N2CCCC(C3CC(=O)c4c(ccc5ccccc45)O3)C2)c1C. The Morgan fingerprint density at radius 1 is 1.26 bits per heavy atom. The van der Waals surface area contributed by atoms with Crippen LogP contribution in [0.2, 0.25) is 0 Å². The number of hydrogen-bond donors (Lipinski definition) is 1. The number of aromatic nitrogens is 2. The Morgan fingerprint density at radius 3 is 2.90 bits per heavy atom. The highest BCUT2D eigenvalue weighted by Gasteiger charge is 2.37. The van der Waals surface area contributed by atoms with E-state index in [2.05, 4.69) is 10.2 Å². The maximum Gasteiger partial charge on any atom is 0.274 e. The zero-order valence-electron chi connectivity index (χ0n) is 18.0. The van der Waals surface area contributed by atoms with E-state index in [1.807, 2.05) is 55.1 Å². The number of Topliss-reactive ketones (excluding diaryl/α,β-unsaturated/α-hetero) is 1. The molecule has 1 amide bonds. The second-order valence-corrected chi connectivity index (χ2v) is 8.63. The summed E-state index contributed by atoms with van der Waals surface area (Å²) in [7, 11) is 0. The maximum atomic E-state index is 13.1. The lowest BCUT2D eigenvalue weighted by atomic mass is 9.85. The van der Waals surface area contributed by atoms with Crippen LogP contribution in [0.3, 0.4) is 0 Å². The highest BCUT2D eigenvalue weighted by atomic mass is 16.5. The van der Waals surface area contributed by atoms with Crippen LogP contribution in [0.5, 0.6) is 5.75 Å². The van der Waals surface area contributed by atoms with Crippen molar-refractivity contribution in [2.45, 2.75) is 45.6 Å². The van der Waals surface area contributed by atoms with E-state index in [0.29, 0.717) is 36.5 Å². The topological polar surface area (TPSA) is 75.3 Å². The van der Waals surface area contributed by atoms with Crippen molar-refractivity contribution in [3.63, 3.8) is 0 Å². The molecule has 2 aliphatic heterocycles. The van der Waals surface area contributed by atoms with Gasteiger partial charge in [0.25, 0.3) is 5.91 Å². The Kier molecular flexibility index (Phi) is 5.00. The largest absolute Gasteiger partial charge is 0.489 e. The van der Waals surface area contributed by atoms with E-state index in [1.165, 1.54) is 0 Å². The van der Waals surface area contributed by atoms with Crippen LogP contribution in [0.4, 0.5) is 0 Å². The van der Waals surface area contributed by atoms with Gasteiger partial charge in [0.15, 0.2) is 11.5 Å². The van der Waals surface area contributed by atoms with Crippen LogP contribution < -0.4 is 4.74 Å². The number of ether oxygens (including phenoxy) is 1. The molecule has 1 fully saturated rings. The van der Waals surface area contributed by atoms with Gasteiger partial charge in [0.2, 0.25) is 0 Å². The Morgan fingerprint density at radius 2 is 2.10 bits per heavy atom. The molecule has 6 nitrogen and oxygen atoms in total. The van der Waals surface area contributed by atoms with Crippen LogP contribution in [0, 0.1) is 12.8 Å². The van der Waals surface area contributed by atoms with Gasteiger partial charge in [-0.2, -0.15) is 5.10 Å². The van der Waals surface area contributed by atoms with Gasteiger partial charge < -0.3 is 9.64 Å². The standard InChI is InChI=1S/C25H27N3O3/c1-3-19-15(2)24(27-26-19)25(30)28-12-6-8-17(14-28)22-13-20(29)23-18-9-5-4-7-16(18)10-11-21(23)31-22/h4-5,7,9-11,17,22H,3,6,8,12-14H2,1-2H3,(H,26,27). The van der Waals surface area contributed by atoms with Crippen molar-refractivity contribution in [2.75, 3.05) is 13.1 Å². The average molecular weight is 418 g/mol. The van der Waals surface area contributed by atoms with Crippen LogP contribution in [0.25, 0.3) is 10.8 Å². The number of aromatic amines is 1. The van der Waals surface area contributed by atoms with E-state index < -0.39 is 0 Å². The van der Waals surface area contributed by atoms with Gasteiger partial charge in [0.05, 0.1) is 5.56 Å². The third-order valence-corrected chi connectivity index (χ3v) is 6.77. The number of carbonyl (C=O) groups is 2. The first-order valence-electron chi connectivity index (χ1n) is 11.1. The first-order valence-corrected chi connectivity index (χ1v) is 11.1. The summed E-state index contributed by atoms with van der Waals surface area (Å²) in [5.41, 5.74) is 3.13. The number of benzene rings is 2. The molecule has 1 saturated heterocycles. The maximum absolute atomic E-state index is 13.1. The normalized spacial score (nSPS) is 21.1. The molecule has 160 valence electrons. The number of nitrogens with zero attached hydrogens (tertiary/aromatic N) is 2. The van der Waals surface area contributed by atoms with Gasteiger partial charge in [-0.15, -0.1) is 0 Å². The van der Waals surface area contributed by atoms with Gasteiger partial charge in [0.1, 0.15) is 11.9 Å². The molecule has 0 aliphatic carbocycles. The molecule has 2 aliphatic rings. The number of aryl methyl sites for hydroxylation is 1. The summed E-state index contributed by atoms with van der Waals surface area (Å²) in [6.07, 6.45) is 2.82. The van der Waals surface area contributed by atoms with Crippen molar-refractivity contribution in [3.05, 3.63) is 58.9 Å². The van der Waals surface area contributed by atoms with Crippen molar-refractivity contribution < 1.29 is 14.3 Å². The van der Waals surface area contributed by atoms with Crippen molar-refractivity contribution in [3.8, 4) is 5.75 Å². The smallest absolute Gasteiger partial charge is 0.274 e. The molecule has 0 radical (unpaired) electrons. The number of fused-ring (bicyclic) bond motifs is 3. The summed E-state index contributed by atoms with van der Waals surface area (Å²) >= 11 is 0. The van der Waals surface area contributed by atoms with Crippen LogP contribution in [-0.2, 0) is 6.42 Å². The molecule has 1 N–H and O–H groups in total. The van der Waals surface area contributed by atoms with E-state index in [4.69, 9.17) is 4.74 Å². The first kappa shape index (κ1) is 19.8. The summed E-state index contributed by atoms with van der Waals surface area (Å²) in [5, 5.41) is 9.25. The summed E-state index contributed by atoms with van der Waals surface area (Å²) in [4.78, 5) is 28.1. The molecule has 3 heterocycles. The molecule has 2 aromatic carbocycles. The van der Waals surface area contributed by atoms with Crippen molar-refractivity contribution in [1.29, 1.82) is 0 Å². The zero-order valence-corrected chi connectivity index (χ0v) is 18.0. The molecule has 31 heavy (non-hydrogen) atoms. The number of carbonyl (C=O) groups excluding carboxylic acids is 2. The minimum Gasteiger partial charge on any atom is -0.489 e. The van der Waals surface area contributed by atoms with Gasteiger partial charge in [-0.05, 0) is 43.0 Å². The molecule has 3 aromatic rings. The van der Waals surface area contributed by atoms with Gasteiger partial charge in [-0.25, -0.2) is 0 Å². The molecule has 2 unspecified atom stereocenters. The molecule has 5 rings (SSSR count). The molecule has 6 heteroatoms. The van der Waals surface area contributed by atoms with E-state index in [0.717, 1.165) is 41.3 Å². The van der Waals surface area contributed by atoms with Crippen molar-refractivity contribution in [1.82, 2.24) is 15.1 Å². The third kappa shape index (κ3) is 3.40. The predicted octanol–water partition coefficient (Wildman–Crippen LogP) is 4.32. The van der Waals surface area contributed by atoms with Crippen molar-refractivity contribution >= 4 is 22.5 Å². The Balaban J connectivity index is 1.36. The van der Waals surface area contributed by atoms with E-state index in [1.54, 1.807) is 0 Å². The van der Waals surface area contributed by atoms with Crippen LogP contribution in [0.1, 0.15) is 58.3 Å². The summed E-state index contributed by atoms with van der Waals surface area (Å²) in [6, 6.07) is 11.8. The average Bonchev–Trinajstić information content (AvgIpc) is 3.18. The minimum absolute atomic E-state index is 0.0355. The molecular formula is C25H27N3O3. The Labute approximate surface area is 181 Å². The van der Waals surface area contributed by atoms with E-state index in [9.17, 15) is 9.59 Å². The lowest BCUT2D eigenvalue weighted by molar-refractivity contribution is 0.0407. The second kappa shape index (κ2) is 7.84. The van der Waals surface area contributed by atoms with Crippen LogP contribution in [0.15, 0.2) is 36.4 Å². The lowest BCUT2D eigenvalue weighted by Crippen LogP contribution is -2.46. The van der Waals surface area contributed by atoms with Gasteiger partial charge in [0, 0.05) is 36.7 Å². The van der Waals surface area contributed by atoms with Gasteiger partial charge in [-0.1, -0.05) is 37.3 Å². The highest BCUT2D eigenvalue weighted by molar-refractivity contribution is 6.11. The fourth-order valence-corrected chi connectivity index (χ4v) is 5.02. The summed E-state index contributed by atoms with van der Waals surface area (Å²) in [6.45, 7) is 5.30. The second-order valence-electron chi connectivity index (χ2n) is 8.63. The zero-order chi connectivity index (χ0) is 21.5. The monoisotopic (exact) mass is 417 g/mol. The molecule has 0 bridgehead atoms. The summed E-state index contributed by atoms with van der Waals surface area (Å²) < 4.78 is 6.35. The highest BCUT2D eigenvalue weighted by Crippen LogP contribution is 2.37. The number of H-pyrrole nitrogens is 1. The van der Waals surface area contributed by atoms with Gasteiger partial charge in [-0.3, -0.25) is 14.7 Å². The minimum atomic E-state index is -0.205. The number of ketones is 1. The lowest BCUT2D eigenvalue weighted by Gasteiger charge is -2.38. The molecular weight excluding hydrogens is 390 g/mol. The third-order valence-electron chi connectivity index (χ3n) is 6.77. The van der Waals surface area contributed by atoms with E-state index in [-0.39, 0.29) is 23.7 Å². The molecule has 1 aromatic heterocycles. The number of hydrogen-bond acceptors (Lipinski definition) is 4. The van der Waals surface area contributed by atoms with Crippen molar-refractivity contribution in [2.24, 2.45) is 5.92 Å². The fourth-order valence-electron chi connectivity index (χ4n) is 5.02. The Hall–Kier alpha value is -3.15. The fraction of sp³-hybridized carbons (Fsp3) is 0.400. The number of nitrogens with one attached hydrogen (secondary N) is 1. The number of amides is 1. The number of piperidine rings is 1. The van der Waals surface area contributed by atoms with Crippen LogP contribution in [-0.4, -0.2) is 46.0 Å². The Bertz CT molecular complexity index is 1170. The number of likely N-dealkylation sites (tertiary alicyclic amines) is 1. The van der Waals surface area contributed by atoms with Gasteiger partial charge >= 0.3 is 0 Å². The predicted molar refractivity (Wildman–Crippen MR) is 119 cm³/mol. The molecule has 0 spiro atoms. The number of rotatable bonds is 3. The van der Waals surface area contributed by atoms with E-state index >= 15 is 0 Å². The van der Waals surface area contributed by atoms with Crippen LogP contribution >= 0.6 is 0 Å². The molecule has 0 saturated carbocycles. The first-order chi connectivity index (χ1) is 15.1. The quantitative estimate of drug-likeness (QED) is 0.689. The molecule has 2 atom stereocenters.